The second-order valence-corrected chi connectivity index (χ2v) is 5.45. The predicted molar refractivity (Wildman–Crippen MR) is 98.5 cm³/mol. The summed E-state index contributed by atoms with van der Waals surface area (Å²) < 4.78 is 15.6. The van der Waals surface area contributed by atoms with E-state index in [4.69, 9.17) is 21.4 Å². The summed E-state index contributed by atoms with van der Waals surface area (Å²) in [4.78, 5) is 24.8. The minimum atomic E-state index is -0.301. The molecule has 10 nitrogen and oxygen atoms in total. The fourth-order valence-electron chi connectivity index (χ4n) is 2.60. The molecule has 1 aromatic carbocycles. The number of aromatic nitrogens is 6. The second kappa shape index (κ2) is 8.03. The third kappa shape index (κ3) is 3.82. The van der Waals surface area contributed by atoms with E-state index >= 15 is 0 Å². The largest absolute Gasteiger partial charge is 0.483 e. The van der Waals surface area contributed by atoms with Crippen LogP contribution in [-0.2, 0) is 11.2 Å². The molecule has 0 aliphatic rings. The molecule has 0 bridgehead atoms. The zero-order chi connectivity index (χ0) is 20.1. The van der Waals surface area contributed by atoms with Crippen molar-refractivity contribution in [3.05, 3.63) is 59.8 Å². The molecular weight excluding hydrogens is 367 g/mol. The maximum atomic E-state index is 14.0. The van der Waals surface area contributed by atoms with Crippen molar-refractivity contribution in [3.8, 4) is 11.5 Å². The van der Waals surface area contributed by atoms with Crippen LogP contribution in [0.25, 0.3) is 17.0 Å². The Hall–Kier alpha value is -4.15. The Bertz CT molecular complexity index is 1110. The average Bonchev–Trinajstić information content (AvgIpc) is 3.02. The first-order valence-electron chi connectivity index (χ1n) is 7.94. The van der Waals surface area contributed by atoms with Crippen LogP contribution in [-0.4, -0.2) is 41.1 Å². The number of hydrogen-bond acceptors (Lipinski definition) is 8. The molecule has 0 spiro atoms. The molecule has 11 heteroatoms. The molecule has 3 heterocycles. The number of carbonyl (C=O) groups is 1. The number of nitrogens with zero attached hydrogens (tertiary/aromatic N) is 6. The van der Waals surface area contributed by atoms with E-state index in [-0.39, 0.29) is 36.4 Å². The van der Waals surface area contributed by atoms with Gasteiger partial charge in [-0.05, 0) is 23.8 Å². The van der Waals surface area contributed by atoms with Gasteiger partial charge in [0.25, 0.3) is 6.47 Å². The predicted octanol–water partition coefficient (Wildman–Crippen LogP) is 1.18. The van der Waals surface area contributed by atoms with E-state index in [1.54, 1.807) is 35.0 Å². The molecule has 3 aromatic heterocycles. The molecule has 0 amide bonds. The molecule has 0 saturated heterocycles. The van der Waals surface area contributed by atoms with Crippen LogP contribution in [0.2, 0.25) is 0 Å². The van der Waals surface area contributed by atoms with Crippen LogP contribution in [0.5, 0.6) is 0 Å². The molecule has 142 valence electrons. The molecule has 4 aromatic rings. The number of rotatable bonds is 3. The number of halogens is 1. The van der Waals surface area contributed by atoms with Crippen molar-refractivity contribution in [2.24, 2.45) is 0 Å². The smallest absolute Gasteiger partial charge is 0.290 e. The van der Waals surface area contributed by atoms with Crippen LogP contribution in [0.1, 0.15) is 11.4 Å². The van der Waals surface area contributed by atoms with Crippen LogP contribution in [0.3, 0.4) is 0 Å². The van der Waals surface area contributed by atoms with Crippen molar-refractivity contribution in [3.63, 3.8) is 0 Å². The molecular formula is C17H15FN8O2. The van der Waals surface area contributed by atoms with E-state index in [9.17, 15) is 4.39 Å². The SMILES string of the molecule is Nc1nc(N)nc(-c2nc(Cc3ccccc3F)n3ncccc23)n1.O=CO. The summed E-state index contributed by atoms with van der Waals surface area (Å²) in [7, 11) is 0. The van der Waals surface area contributed by atoms with E-state index in [0.717, 1.165) is 0 Å². The number of benzene rings is 1. The lowest BCUT2D eigenvalue weighted by molar-refractivity contribution is -0.122. The van der Waals surface area contributed by atoms with Gasteiger partial charge in [0, 0.05) is 12.6 Å². The van der Waals surface area contributed by atoms with Crippen molar-refractivity contribution >= 4 is 23.9 Å². The summed E-state index contributed by atoms with van der Waals surface area (Å²) >= 11 is 0. The highest BCUT2D eigenvalue weighted by atomic mass is 19.1. The first kappa shape index (κ1) is 18.6. The normalized spacial score (nSPS) is 10.3. The van der Waals surface area contributed by atoms with Gasteiger partial charge in [-0.1, -0.05) is 18.2 Å². The topological polar surface area (TPSA) is 158 Å². The maximum Gasteiger partial charge on any atom is 0.290 e. The number of imidazole rings is 1. The zero-order valence-electron chi connectivity index (χ0n) is 14.4. The molecule has 28 heavy (non-hydrogen) atoms. The summed E-state index contributed by atoms with van der Waals surface area (Å²) in [6, 6.07) is 10.1. The fraction of sp³-hybridized carbons (Fsp3) is 0.0588. The number of nitrogens with two attached hydrogens (primary N) is 2. The van der Waals surface area contributed by atoms with Crippen LogP contribution in [0.15, 0.2) is 42.6 Å². The monoisotopic (exact) mass is 382 g/mol. The van der Waals surface area contributed by atoms with Gasteiger partial charge < -0.3 is 16.6 Å². The quantitative estimate of drug-likeness (QED) is 0.442. The van der Waals surface area contributed by atoms with Crippen LogP contribution < -0.4 is 11.5 Å². The average molecular weight is 382 g/mol. The van der Waals surface area contributed by atoms with Gasteiger partial charge >= 0.3 is 0 Å². The van der Waals surface area contributed by atoms with E-state index < -0.39 is 0 Å². The number of carboxylic acid groups (broad SMARTS) is 1. The number of anilines is 2. The zero-order valence-corrected chi connectivity index (χ0v) is 14.4. The lowest BCUT2D eigenvalue weighted by Crippen LogP contribution is -2.04. The van der Waals surface area contributed by atoms with Crippen molar-refractivity contribution < 1.29 is 14.3 Å². The van der Waals surface area contributed by atoms with Gasteiger partial charge in [0.2, 0.25) is 11.9 Å². The summed E-state index contributed by atoms with van der Waals surface area (Å²) in [5.41, 5.74) is 12.9. The molecule has 0 saturated carbocycles. The Morgan fingerprint density at radius 1 is 1.04 bits per heavy atom. The number of hydrogen-bond donors (Lipinski definition) is 3. The highest BCUT2D eigenvalue weighted by molar-refractivity contribution is 5.73. The van der Waals surface area contributed by atoms with Crippen LogP contribution in [0, 0.1) is 5.82 Å². The minimum Gasteiger partial charge on any atom is -0.483 e. The number of nitrogen functional groups attached to an aromatic ring is 2. The van der Waals surface area contributed by atoms with Crippen LogP contribution in [0.4, 0.5) is 16.3 Å². The molecule has 4 rings (SSSR count). The lowest BCUT2D eigenvalue weighted by atomic mass is 10.1. The van der Waals surface area contributed by atoms with Crippen molar-refractivity contribution in [1.29, 1.82) is 0 Å². The Kier molecular flexibility index (Phi) is 5.35. The molecule has 0 aliphatic carbocycles. The molecule has 0 atom stereocenters. The van der Waals surface area contributed by atoms with Gasteiger partial charge in [0.05, 0.1) is 5.52 Å². The minimum absolute atomic E-state index is 0.00296. The highest BCUT2D eigenvalue weighted by Gasteiger charge is 2.18. The van der Waals surface area contributed by atoms with Crippen molar-refractivity contribution in [2.75, 3.05) is 11.5 Å². The summed E-state index contributed by atoms with van der Waals surface area (Å²) in [6.07, 6.45) is 1.89. The third-order valence-electron chi connectivity index (χ3n) is 3.67. The van der Waals surface area contributed by atoms with Gasteiger partial charge in [-0.25, -0.2) is 13.9 Å². The highest BCUT2D eigenvalue weighted by Crippen LogP contribution is 2.23. The second-order valence-electron chi connectivity index (χ2n) is 5.45. The van der Waals surface area contributed by atoms with Crippen LogP contribution >= 0.6 is 0 Å². The van der Waals surface area contributed by atoms with E-state index in [2.05, 4.69) is 25.0 Å². The van der Waals surface area contributed by atoms with Crippen molar-refractivity contribution in [1.82, 2.24) is 29.5 Å². The first-order valence-corrected chi connectivity index (χ1v) is 7.94. The van der Waals surface area contributed by atoms with Gasteiger partial charge in [0.1, 0.15) is 17.3 Å². The van der Waals surface area contributed by atoms with Crippen molar-refractivity contribution in [2.45, 2.75) is 6.42 Å². The molecule has 0 radical (unpaired) electrons. The summed E-state index contributed by atoms with van der Waals surface area (Å²) in [5.74, 6) is 0.500. The van der Waals surface area contributed by atoms with E-state index in [1.165, 1.54) is 6.07 Å². The van der Waals surface area contributed by atoms with Gasteiger partial charge in [-0.15, -0.1) is 0 Å². The Morgan fingerprint density at radius 2 is 1.71 bits per heavy atom. The van der Waals surface area contributed by atoms with Gasteiger partial charge in [-0.2, -0.15) is 20.1 Å². The molecule has 0 unspecified atom stereocenters. The van der Waals surface area contributed by atoms with E-state index in [0.29, 0.717) is 22.6 Å². The number of fused-ring (bicyclic) bond motifs is 1. The lowest BCUT2D eigenvalue weighted by Gasteiger charge is -2.01. The van der Waals surface area contributed by atoms with Gasteiger partial charge in [-0.3, -0.25) is 4.79 Å². The molecule has 0 aliphatic heterocycles. The Labute approximate surface area is 157 Å². The molecule has 5 N–H and O–H groups in total. The third-order valence-corrected chi connectivity index (χ3v) is 3.67. The maximum absolute atomic E-state index is 14.0. The summed E-state index contributed by atoms with van der Waals surface area (Å²) in [5, 5.41) is 11.2. The Morgan fingerprint density at radius 3 is 2.39 bits per heavy atom. The van der Waals surface area contributed by atoms with Gasteiger partial charge in [0.15, 0.2) is 5.82 Å². The standard InChI is InChI=1S/C16H13FN8.CH2O2/c17-10-5-2-1-4-9(10)8-12-21-13(11-6-3-7-20-25(11)12)14-22-15(18)24-16(19)23-14;2-1-3/h1-7H,8H2,(H4,18,19,22,23,24);1H,(H,2,3). The van der Waals surface area contributed by atoms with E-state index in [1.807, 2.05) is 6.07 Å². The summed E-state index contributed by atoms with van der Waals surface area (Å²) in [6.45, 7) is -0.250. The molecule has 0 fully saturated rings. The first-order chi connectivity index (χ1) is 13.5. The Balaban J connectivity index is 0.000000706. The fourth-order valence-corrected chi connectivity index (χ4v) is 2.60.